The Morgan fingerprint density at radius 1 is 1.24 bits per heavy atom. The summed E-state index contributed by atoms with van der Waals surface area (Å²) >= 11 is 0.915. The Bertz CT molecular complexity index is 414. The van der Waals surface area contributed by atoms with E-state index in [0.717, 1.165) is 11.8 Å². The molecule has 0 fully saturated rings. The molecule has 0 radical (unpaired) electrons. The highest BCUT2D eigenvalue weighted by atomic mass is 32.2. The largest absolute Gasteiger partial charge is 0.303 e. The highest BCUT2D eigenvalue weighted by molar-refractivity contribution is 8.14. The highest BCUT2D eigenvalue weighted by Crippen LogP contribution is 2.23. The van der Waals surface area contributed by atoms with Gasteiger partial charge in [-0.05, 0) is 0 Å². The van der Waals surface area contributed by atoms with Crippen molar-refractivity contribution in [1.82, 2.24) is 0 Å². The normalized spacial score (nSPS) is 13.8. The first-order valence-corrected chi connectivity index (χ1v) is 6.16. The number of carbonyl (C=O) groups excluding carboxylic acids is 3. The molecule has 0 saturated heterocycles. The number of benzene rings is 1. The van der Waals surface area contributed by atoms with Gasteiger partial charge in [-0.2, -0.15) is 0 Å². The van der Waals surface area contributed by atoms with Crippen molar-refractivity contribution in [3.05, 3.63) is 35.9 Å². The summed E-state index contributed by atoms with van der Waals surface area (Å²) in [6, 6.07) is 8.71. The van der Waals surface area contributed by atoms with Gasteiger partial charge in [-0.25, -0.2) is 0 Å². The van der Waals surface area contributed by atoms with Crippen LogP contribution in [0.2, 0.25) is 0 Å². The Kier molecular flexibility index (Phi) is 5.10. The zero-order chi connectivity index (χ0) is 12.8. The molecule has 0 aliphatic rings. The minimum absolute atomic E-state index is 0.159. The molecule has 2 atom stereocenters. The Morgan fingerprint density at radius 2 is 1.82 bits per heavy atom. The zero-order valence-corrected chi connectivity index (χ0v) is 10.6. The average Bonchev–Trinajstić information content (AvgIpc) is 2.35. The molecule has 1 aromatic carbocycles. The van der Waals surface area contributed by atoms with E-state index in [1.165, 1.54) is 6.92 Å². The van der Waals surface area contributed by atoms with Gasteiger partial charge < -0.3 is 4.79 Å². The summed E-state index contributed by atoms with van der Waals surface area (Å²) in [6.45, 7) is 3.04. The van der Waals surface area contributed by atoms with E-state index < -0.39 is 11.2 Å². The molecule has 0 aliphatic heterocycles. The van der Waals surface area contributed by atoms with Crippen molar-refractivity contribution in [2.75, 3.05) is 0 Å². The third kappa shape index (κ3) is 3.82. The SMILES string of the molecule is CC(=O)SC(C(=O)c1ccccc1)C(C)C=O. The standard InChI is InChI=1S/C13H14O3S/c1-9(8-14)13(17-10(2)15)12(16)11-6-4-3-5-7-11/h3-9,13H,1-2H3. The van der Waals surface area contributed by atoms with Gasteiger partial charge in [-0.1, -0.05) is 49.0 Å². The van der Waals surface area contributed by atoms with Gasteiger partial charge in [0.2, 0.25) is 0 Å². The van der Waals surface area contributed by atoms with Gasteiger partial charge >= 0.3 is 0 Å². The summed E-state index contributed by atoms with van der Waals surface area (Å²) in [7, 11) is 0. The number of Topliss-reactive ketones (excluding diaryl/α,β-unsaturated/α-hetero) is 1. The van der Waals surface area contributed by atoms with Crippen LogP contribution in [-0.2, 0) is 9.59 Å². The lowest BCUT2D eigenvalue weighted by atomic mass is 10.0. The molecule has 0 N–H and O–H groups in total. The van der Waals surface area contributed by atoms with Crippen molar-refractivity contribution >= 4 is 28.9 Å². The maximum absolute atomic E-state index is 12.1. The van der Waals surface area contributed by atoms with Crippen LogP contribution in [0.15, 0.2) is 30.3 Å². The van der Waals surface area contributed by atoms with Crippen LogP contribution in [0.3, 0.4) is 0 Å². The van der Waals surface area contributed by atoms with Crippen LogP contribution in [-0.4, -0.2) is 22.4 Å². The average molecular weight is 250 g/mol. The van der Waals surface area contributed by atoms with Gasteiger partial charge in [-0.3, -0.25) is 9.59 Å². The second kappa shape index (κ2) is 6.35. The second-order valence-corrected chi connectivity index (χ2v) is 5.07. The fraction of sp³-hybridized carbons (Fsp3) is 0.308. The molecule has 1 aromatic rings. The number of thioether (sulfide) groups is 1. The van der Waals surface area contributed by atoms with Gasteiger partial charge in [-0.15, -0.1) is 0 Å². The van der Waals surface area contributed by atoms with Crippen LogP contribution in [0.25, 0.3) is 0 Å². The molecule has 1 rings (SSSR count). The third-order valence-electron chi connectivity index (χ3n) is 2.30. The molecule has 0 heterocycles. The molecule has 0 amide bonds. The second-order valence-electron chi connectivity index (χ2n) is 3.76. The Morgan fingerprint density at radius 3 is 2.29 bits per heavy atom. The van der Waals surface area contributed by atoms with E-state index in [-0.39, 0.29) is 10.9 Å². The van der Waals surface area contributed by atoms with Gasteiger partial charge in [0.15, 0.2) is 10.9 Å². The van der Waals surface area contributed by atoms with Crippen LogP contribution in [0.1, 0.15) is 24.2 Å². The number of carbonyl (C=O) groups is 3. The van der Waals surface area contributed by atoms with Crippen LogP contribution < -0.4 is 0 Å². The van der Waals surface area contributed by atoms with Crippen molar-refractivity contribution in [3.8, 4) is 0 Å². The lowest BCUT2D eigenvalue weighted by Gasteiger charge is -2.16. The van der Waals surface area contributed by atoms with E-state index in [4.69, 9.17) is 0 Å². The molecule has 0 spiro atoms. The van der Waals surface area contributed by atoms with Crippen LogP contribution in [0, 0.1) is 5.92 Å². The quantitative estimate of drug-likeness (QED) is 0.594. The van der Waals surface area contributed by atoms with Crippen molar-refractivity contribution in [2.45, 2.75) is 19.1 Å². The van der Waals surface area contributed by atoms with Gasteiger partial charge in [0.05, 0.1) is 5.25 Å². The molecule has 0 saturated carbocycles. The van der Waals surface area contributed by atoms with Crippen molar-refractivity contribution in [1.29, 1.82) is 0 Å². The van der Waals surface area contributed by atoms with Crippen LogP contribution in [0.5, 0.6) is 0 Å². The molecule has 90 valence electrons. The monoisotopic (exact) mass is 250 g/mol. The Hall–Kier alpha value is -1.42. The fourth-order valence-corrected chi connectivity index (χ4v) is 2.30. The summed E-state index contributed by atoms with van der Waals surface area (Å²) in [5, 5.41) is -0.791. The molecule has 0 aromatic heterocycles. The summed E-state index contributed by atoms with van der Waals surface area (Å²) in [5.74, 6) is -0.651. The maximum atomic E-state index is 12.1. The number of hydrogen-bond donors (Lipinski definition) is 0. The van der Waals surface area contributed by atoms with E-state index in [1.54, 1.807) is 31.2 Å². The highest BCUT2D eigenvalue weighted by Gasteiger charge is 2.27. The van der Waals surface area contributed by atoms with E-state index in [0.29, 0.717) is 11.8 Å². The summed E-state index contributed by atoms with van der Waals surface area (Å²) in [4.78, 5) is 34.0. The number of aldehydes is 1. The van der Waals surface area contributed by atoms with Crippen molar-refractivity contribution in [3.63, 3.8) is 0 Å². The topological polar surface area (TPSA) is 51.2 Å². The maximum Gasteiger partial charge on any atom is 0.186 e. The lowest BCUT2D eigenvalue weighted by Crippen LogP contribution is -2.27. The third-order valence-corrected chi connectivity index (χ3v) is 3.53. The summed E-state index contributed by atoms with van der Waals surface area (Å²) < 4.78 is 0. The number of hydrogen-bond acceptors (Lipinski definition) is 4. The zero-order valence-electron chi connectivity index (χ0n) is 9.75. The summed E-state index contributed by atoms with van der Waals surface area (Å²) in [5.41, 5.74) is 0.528. The predicted molar refractivity (Wildman–Crippen MR) is 68.1 cm³/mol. The number of rotatable bonds is 5. The van der Waals surface area contributed by atoms with E-state index in [2.05, 4.69) is 0 Å². The van der Waals surface area contributed by atoms with E-state index >= 15 is 0 Å². The van der Waals surface area contributed by atoms with Crippen molar-refractivity contribution in [2.24, 2.45) is 5.92 Å². The van der Waals surface area contributed by atoms with Gasteiger partial charge in [0.1, 0.15) is 6.29 Å². The number of ketones is 1. The van der Waals surface area contributed by atoms with Crippen LogP contribution in [0.4, 0.5) is 0 Å². The van der Waals surface area contributed by atoms with E-state index in [1.807, 2.05) is 6.07 Å². The molecule has 4 heteroatoms. The molecular weight excluding hydrogens is 236 g/mol. The summed E-state index contributed by atoms with van der Waals surface area (Å²) in [6.07, 6.45) is 0.710. The van der Waals surface area contributed by atoms with E-state index in [9.17, 15) is 14.4 Å². The van der Waals surface area contributed by atoms with Crippen LogP contribution >= 0.6 is 11.8 Å². The Balaban J connectivity index is 2.94. The minimum atomic E-state index is -0.632. The van der Waals surface area contributed by atoms with Crippen molar-refractivity contribution < 1.29 is 14.4 Å². The Labute approximate surface area is 105 Å². The molecule has 3 nitrogen and oxygen atoms in total. The first kappa shape index (κ1) is 13.6. The molecule has 0 aliphatic carbocycles. The minimum Gasteiger partial charge on any atom is -0.303 e. The molecular formula is C13H14O3S. The predicted octanol–water partition coefficient (Wildman–Crippen LogP) is 2.35. The molecule has 17 heavy (non-hydrogen) atoms. The molecule has 0 bridgehead atoms. The lowest BCUT2D eigenvalue weighted by molar-refractivity contribution is -0.110. The molecule has 2 unspecified atom stereocenters. The van der Waals surface area contributed by atoms with Gasteiger partial charge in [0, 0.05) is 18.4 Å². The first-order valence-electron chi connectivity index (χ1n) is 5.28. The fourth-order valence-electron chi connectivity index (χ4n) is 1.42. The first-order chi connectivity index (χ1) is 8.06. The smallest absolute Gasteiger partial charge is 0.186 e. The van der Waals surface area contributed by atoms with Gasteiger partial charge in [0.25, 0.3) is 0 Å².